The van der Waals surface area contributed by atoms with Gasteiger partial charge in [0.1, 0.15) is 18.0 Å². The average Bonchev–Trinajstić information content (AvgIpc) is 3.51. The molecule has 2 saturated heterocycles. The molecule has 1 aromatic carbocycles. The highest BCUT2D eigenvalue weighted by molar-refractivity contribution is 6.34. The third-order valence-corrected chi connectivity index (χ3v) is 9.88. The molecule has 1 aliphatic carbocycles. The van der Waals surface area contributed by atoms with Gasteiger partial charge in [0.25, 0.3) is 5.56 Å². The van der Waals surface area contributed by atoms with Crippen LogP contribution in [-0.4, -0.2) is 76.6 Å². The van der Waals surface area contributed by atoms with Crippen LogP contribution in [0.15, 0.2) is 23.1 Å². The number of benzene rings is 1. The largest absolute Gasteiger partial charge is 0.489 e. The molecule has 7 rings (SSSR count). The Morgan fingerprint density at radius 2 is 1.88 bits per heavy atom. The Kier molecular flexibility index (Phi) is 7.32. The van der Waals surface area contributed by atoms with Crippen molar-refractivity contribution < 1.29 is 9.53 Å². The molecule has 0 bridgehead atoms. The quantitative estimate of drug-likeness (QED) is 0.416. The minimum absolute atomic E-state index is 0.0243. The maximum Gasteiger partial charge on any atom is 0.263 e. The van der Waals surface area contributed by atoms with Gasteiger partial charge in [-0.05, 0) is 64.3 Å². The van der Waals surface area contributed by atoms with Crippen molar-refractivity contribution >= 4 is 45.7 Å². The van der Waals surface area contributed by atoms with Crippen LogP contribution in [0.3, 0.4) is 0 Å². The summed E-state index contributed by atoms with van der Waals surface area (Å²) in [6, 6.07) is 4.79. The van der Waals surface area contributed by atoms with E-state index in [9.17, 15) is 9.59 Å². The van der Waals surface area contributed by atoms with Gasteiger partial charge < -0.3 is 20.3 Å². The van der Waals surface area contributed by atoms with Gasteiger partial charge in [0, 0.05) is 55.1 Å². The highest BCUT2D eigenvalue weighted by Gasteiger charge is 2.37. The molecule has 0 spiro atoms. The van der Waals surface area contributed by atoms with Gasteiger partial charge in [-0.3, -0.25) is 19.1 Å². The smallest absolute Gasteiger partial charge is 0.263 e. The first-order valence-corrected chi connectivity index (χ1v) is 15.6. The summed E-state index contributed by atoms with van der Waals surface area (Å²) in [5, 5.41) is 8.12. The fourth-order valence-corrected chi connectivity index (χ4v) is 7.80. The SMILES string of the molecule is CC(=O)c1c(C)c2cnc(Nc3cc(Cl)c4c(c3)OC[C@@H]3CN(C5CCNCC5)CCN43)nc2n(C2CCCC2)c1=O. The van der Waals surface area contributed by atoms with Gasteiger partial charge >= 0.3 is 0 Å². The number of hydrogen-bond acceptors (Lipinski definition) is 9. The molecule has 42 heavy (non-hydrogen) atoms. The third kappa shape index (κ3) is 4.83. The number of piperidine rings is 1. The number of piperazine rings is 1. The molecule has 5 heterocycles. The number of Topliss-reactive ketones (excluding diaryl/α,β-unsaturated/α-hetero) is 1. The van der Waals surface area contributed by atoms with Crippen molar-refractivity contribution in [2.75, 3.05) is 49.5 Å². The molecule has 3 fully saturated rings. The molecule has 2 N–H and O–H groups in total. The monoisotopic (exact) mass is 591 g/mol. The van der Waals surface area contributed by atoms with Crippen molar-refractivity contribution in [3.05, 3.63) is 44.8 Å². The van der Waals surface area contributed by atoms with E-state index in [1.165, 1.54) is 19.8 Å². The van der Waals surface area contributed by atoms with Gasteiger partial charge in [-0.15, -0.1) is 0 Å². The van der Waals surface area contributed by atoms with Gasteiger partial charge in [-0.25, -0.2) is 4.98 Å². The Bertz CT molecular complexity index is 1600. The van der Waals surface area contributed by atoms with Crippen LogP contribution in [0.1, 0.15) is 67.4 Å². The Labute approximate surface area is 250 Å². The Hall–Kier alpha value is -3.21. The lowest BCUT2D eigenvalue weighted by atomic mass is 10.0. The van der Waals surface area contributed by atoms with Crippen LogP contribution < -0.4 is 25.8 Å². The Balaban J connectivity index is 1.18. The lowest BCUT2D eigenvalue weighted by Gasteiger charge is -2.48. The van der Waals surface area contributed by atoms with Crippen LogP contribution in [0.4, 0.5) is 17.3 Å². The predicted molar refractivity (Wildman–Crippen MR) is 165 cm³/mol. The number of carbonyl (C=O) groups excluding carboxylic acids is 1. The fraction of sp³-hybridized carbons (Fsp3) is 0.548. The molecule has 3 aliphatic heterocycles. The van der Waals surface area contributed by atoms with E-state index in [1.807, 2.05) is 12.1 Å². The number of anilines is 3. The second-order valence-electron chi connectivity index (χ2n) is 12.2. The van der Waals surface area contributed by atoms with Crippen molar-refractivity contribution in [2.45, 2.75) is 70.5 Å². The summed E-state index contributed by atoms with van der Waals surface area (Å²) >= 11 is 6.91. The van der Waals surface area contributed by atoms with E-state index in [4.69, 9.17) is 21.3 Å². The van der Waals surface area contributed by atoms with Gasteiger partial charge in [0.2, 0.25) is 5.95 Å². The first kappa shape index (κ1) is 27.6. The van der Waals surface area contributed by atoms with E-state index >= 15 is 0 Å². The molecule has 4 aliphatic rings. The van der Waals surface area contributed by atoms with Gasteiger partial charge in [0.15, 0.2) is 5.78 Å². The standard InChI is InChI=1S/C31H38ClN7O3/c1-18-24-15-34-31(36-29(24)39(22-5-3-4-6-22)30(41)27(18)19(2)40)35-20-13-25(32)28-26(14-20)42-17-23-16-37(11-12-38(23)28)21-7-9-33-10-8-21/h13-15,21-23,33H,3-12,16-17H2,1-2H3,(H,34,35,36)/t23-/m0/s1. The van der Waals surface area contributed by atoms with Crippen LogP contribution in [0.25, 0.3) is 11.0 Å². The number of aromatic nitrogens is 3. The lowest BCUT2D eigenvalue weighted by molar-refractivity contribution is 0.101. The van der Waals surface area contributed by atoms with Crippen molar-refractivity contribution in [3.63, 3.8) is 0 Å². The molecule has 222 valence electrons. The first-order valence-electron chi connectivity index (χ1n) is 15.3. The molecular formula is C31H38ClN7O3. The third-order valence-electron chi connectivity index (χ3n) is 9.59. The summed E-state index contributed by atoms with van der Waals surface area (Å²) in [6.07, 6.45) is 8.01. The summed E-state index contributed by atoms with van der Waals surface area (Å²) < 4.78 is 8.02. The number of carbonyl (C=O) groups is 1. The predicted octanol–water partition coefficient (Wildman–Crippen LogP) is 4.45. The van der Waals surface area contributed by atoms with E-state index in [0.29, 0.717) is 34.8 Å². The number of ketones is 1. The zero-order chi connectivity index (χ0) is 29.0. The normalized spacial score (nSPS) is 21.7. The van der Waals surface area contributed by atoms with Gasteiger partial charge in [-0.1, -0.05) is 24.4 Å². The lowest BCUT2D eigenvalue weighted by Crippen LogP contribution is -2.60. The van der Waals surface area contributed by atoms with E-state index < -0.39 is 0 Å². The van der Waals surface area contributed by atoms with E-state index in [0.717, 1.165) is 80.9 Å². The highest BCUT2D eigenvalue weighted by atomic mass is 35.5. The zero-order valence-electron chi connectivity index (χ0n) is 24.3. The summed E-state index contributed by atoms with van der Waals surface area (Å²) in [4.78, 5) is 40.4. The molecule has 10 nitrogen and oxygen atoms in total. The fourth-order valence-electron chi connectivity index (χ4n) is 7.48. The van der Waals surface area contributed by atoms with Crippen molar-refractivity contribution in [2.24, 2.45) is 0 Å². The number of halogens is 1. The molecule has 2 aromatic heterocycles. The van der Waals surface area contributed by atoms with Crippen molar-refractivity contribution in [1.29, 1.82) is 0 Å². The second-order valence-corrected chi connectivity index (χ2v) is 12.6. The van der Waals surface area contributed by atoms with Crippen LogP contribution >= 0.6 is 11.6 Å². The van der Waals surface area contributed by atoms with Crippen molar-refractivity contribution in [3.8, 4) is 5.75 Å². The van der Waals surface area contributed by atoms with Crippen LogP contribution in [0, 0.1) is 6.92 Å². The molecule has 0 unspecified atom stereocenters. The summed E-state index contributed by atoms with van der Waals surface area (Å²) in [7, 11) is 0. The number of pyridine rings is 1. The number of hydrogen-bond donors (Lipinski definition) is 2. The number of nitrogens with one attached hydrogen (secondary N) is 2. The van der Waals surface area contributed by atoms with Crippen LogP contribution in [0.2, 0.25) is 5.02 Å². The second kappa shape index (κ2) is 11.1. The number of rotatable bonds is 5. The van der Waals surface area contributed by atoms with Gasteiger partial charge in [-0.2, -0.15) is 4.98 Å². The average molecular weight is 592 g/mol. The number of nitrogens with zero attached hydrogens (tertiary/aromatic N) is 5. The summed E-state index contributed by atoms with van der Waals surface area (Å²) in [5.74, 6) is 0.887. The molecule has 1 atom stereocenters. The summed E-state index contributed by atoms with van der Waals surface area (Å²) in [5.41, 5.74) is 2.82. The minimum Gasteiger partial charge on any atom is -0.489 e. The Morgan fingerprint density at radius 1 is 1.10 bits per heavy atom. The number of fused-ring (bicyclic) bond motifs is 4. The maximum absolute atomic E-state index is 13.5. The molecule has 0 radical (unpaired) electrons. The topological polar surface area (TPSA) is 105 Å². The molecule has 3 aromatic rings. The van der Waals surface area contributed by atoms with Crippen LogP contribution in [0.5, 0.6) is 5.75 Å². The van der Waals surface area contributed by atoms with E-state index in [-0.39, 0.29) is 29.0 Å². The molecular weight excluding hydrogens is 554 g/mol. The van der Waals surface area contributed by atoms with E-state index in [2.05, 4.69) is 25.4 Å². The number of ether oxygens (including phenoxy) is 1. The Morgan fingerprint density at radius 3 is 2.64 bits per heavy atom. The maximum atomic E-state index is 13.5. The van der Waals surface area contributed by atoms with E-state index in [1.54, 1.807) is 17.7 Å². The first-order chi connectivity index (χ1) is 20.4. The van der Waals surface area contributed by atoms with Crippen molar-refractivity contribution in [1.82, 2.24) is 24.8 Å². The molecule has 0 amide bonds. The zero-order valence-corrected chi connectivity index (χ0v) is 25.0. The van der Waals surface area contributed by atoms with Gasteiger partial charge in [0.05, 0.1) is 22.3 Å². The number of aryl methyl sites for hydroxylation is 1. The molecule has 1 saturated carbocycles. The van der Waals surface area contributed by atoms with Crippen LogP contribution in [-0.2, 0) is 0 Å². The summed E-state index contributed by atoms with van der Waals surface area (Å²) in [6.45, 7) is 8.98. The minimum atomic E-state index is -0.260. The molecule has 11 heteroatoms. The highest BCUT2D eigenvalue weighted by Crippen LogP contribution is 2.44.